The quantitative estimate of drug-likeness (QED) is 0.245. The van der Waals surface area contributed by atoms with Gasteiger partial charge in [-0.2, -0.15) is 0 Å². The van der Waals surface area contributed by atoms with Gasteiger partial charge < -0.3 is 35.2 Å². The number of rotatable bonds is 12. The highest BCUT2D eigenvalue weighted by Gasteiger charge is 2.41. The summed E-state index contributed by atoms with van der Waals surface area (Å²) >= 11 is 0. The average molecular weight is 590 g/mol. The molecule has 12 heteroatoms. The molecule has 1 aliphatic rings. The number of carbonyl (C=O) groups is 3. The first-order valence-corrected chi connectivity index (χ1v) is 13.5. The van der Waals surface area contributed by atoms with Crippen LogP contribution in [0.25, 0.3) is 0 Å². The zero-order chi connectivity index (χ0) is 31.7. The molecule has 1 fully saturated rings. The van der Waals surface area contributed by atoms with Crippen molar-refractivity contribution in [2.24, 2.45) is 0 Å². The van der Waals surface area contributed by atoms with E-state index in [1.54, 1.807) is 14.2 Å². The van der Waals surface area contributed by atoms with Crippen molar-refractivity contribution in [3.8, 4) is 11.5 Å². The Morgan fingerprint density at radius 2 is 1.45 bits per heavy atom. The maximum absolute atomic E-state index is 10.3. The van der Waals surface area contributed by atoms with Gasteiger partial charge >= 0.3 is 17.9 Å². The minimum Gasteiger partial charge on any atom is -0.496 e. The third-order valence-electron chi connectivity index (χ3n) is 6.97. The lowest BCUT2D eigenvalue weighted by Crippen LogP contribution is -2.62. The highest BCUT2D eigenvalue weighted by atomic mass is 16.5. The molecule has 1 aromatic heterocycles. The molecule has 0 bridgehead atoms. The van der Waals surface area contributed by atoms with Crippen LogP contribution in [0.5, 0.6) is 11.5 Å². The molecule has 0 amide bonds. The molecular weight excluding hydrogens is 546 g/mol. The number of hydrogen-bond donors (Lipinski definition) is 5. The summed E-state index contributed by atoms with van der Waals surface area (Å²) in [5, 5.41) is 37.6. The number of carboxylic acids is 3. The number of nitrogens with zero attached hydrogens (tertiary/aromatic N) is 2. The molecule has 1 aromatic carbocycles. The number of benzene rings is 1. The summed E-state index contributed by atoms with van der Waals surface area (Å²) in [6.07, 6.45) is 3.66. The van der Waals surface area contributed by atoms with Crippen LogP contribution >= 0.6 is 0 Å². The van der Waals surface area contributed by atoms with E-state index in [1.807, 2.05) is 36.7 Å². The van der Waals surface area contributed by atoms with Crippen LogP contribution in [0.1, 0.15) is 64.5 Å². The molecule has 0 atom stereocenters. The Balaban J connectivity index is 0.000000401. The molecule has 5 N–H and O–H groups in total. The Morgan fingerprint density at radius 3 is 1.86 bits per heavy atom. The summed E-state index contributed by atoms with van der Waals surface area (Å²) in [6.45, 7) is 10.8. The molecule has 12 nitrogen and oxygen atoms in total. The lowest BCUT2D eigenvalue weighted by molar-refractivity contribution is -0.170. The van der Waals surface area contributed by atoms with Crippen LogP contribution in [0.2, 0.25) is 0 Å². The van der Waals surface area contributed by atoms with Crippen LogP contribution in [-0.4, -0.2) is 85.2 Å². The number of aliphatic hydroxyl groups is 1. The molecule has 0 aliphatic carbocycles. The summed E-state index contributed by atoms with van der Waals surface area (Å²) in [5.41, 5.74) is -0.280. The van der Waals surface area contributed by atoms with Crippen LogP contribution in [-0.2, 0) is 27.5 Å². The second-order valence-corrected chi connectivity index (χ2v) is 11.8. The molecule has 0 saturated carbocycles. The molecule has 232 valence electrons. The number of hydrogen-bond acceptors (Lipinski definition) is 9. The molecule has 0 unspecified atom stereocenters. The third-order valence-corrected chi connectivity index (χ3v) is 6.97. The van der Waals surface area contributed by atoms with Crippen molar-refractivity contribution in [1.82, 2.24) is 15.2 Å². The topological polar surface area (TPSA) is 179 Å². The normalized spacial score (nSPS) is 16.2. The number of ether oxygens (including phenoxy) is 2. The van der Waals surface area contributed by atoms with Crippen molar-refractivity contribution in [3.63, 3.8) is 0 Å². The largest absolute Gasteiger partial charge is 0.496 e. The zero-order valence-corrected chi connectivity index (χ0v) is 25.1. The summed E-state index contributed by atoms with van der Waals surface area (Å²) in [5.74, 6) is -3.28. The maximum atomic E-state index is 10.3. The Bertz CT molecular complexity index is 1160. The van der Waals surface area contributed by atoms with Gasteiger partial charge in [-0.15, -0.1) is 0 Å². The highest BCUT2D eigenvalue weighted by molar-refractivity contribution is 5.88. The highest BCUT2D eigenvalue weighted by Crippen LogP contribution is 2.36. The molecule has 3 rings (SSSR count). The number of methoxy groups -OCH3 is 2. The van der Waals surface area contributed by atoms with Gasteiger partial charge in [-0.3, -0.25) is 19.5 Å². The molecule has 2 heterocycles. The average Bonchev–Trinajstić information content (AvgIpc) is 2.86. The van der Waals surface area contributed by atoms with E-state index in [-0.39, 0.29) is 11.1 Å². The van der Waals surface area contributed by atoms with E-state index in [2.05, 4.69) is 49.0 Å². The first-order chi connectivity index (χ1) is 19.5. The fourth-order valence-electron chi connectivity index (χ4n) is 5.57. The molecule has 0 radical (unpaired) electrons. The van der Waals surface area contributed by atoms with Gasteiger partial charge in [0.1, 0.15) is 11.5 Å². The summed E-state index contributed by atoms with van der Waals surface area (Å²) in [7, 11) is 3.45. The van der Waals surface area contributed by atoms with E-state index < -0.39 is 36.4 Å². The number of aromatic nitrogens is 1. The fraction of sp³-hybridized carbons (Fsp3) is 0.533. The second kappa shape index (κ2) is 14.4. The number of aliphatic carboxylic acids is 3. The van der Waals surface area contributed by atoms with E-state index in [9.17, 15) is 14.4 Å². The van der Waals surface area contributed by atoms with Gasteiger partial charge in [-0.05, 0) is 64.3 Å². The molecular formula is C30H43N3O9. The van der Waals surface area contributed by atoms with Crippen LogP contribution in [0.15, 0.2) is 42.7 Å². The first kappa shape index (κ1) is 34.5. The first-order valence-electron chi connectivity index (χ1n) is 13.5. The van der Waals surface area contributed by atoms with Crippen LogP contribution in [0.3, 0.4) is 0 Å². The van der Waals surface area contributed by atoms with Gasteiger partial charge in [-0.1, -0.05) is 12.1 Å². The molecule has 2 aromatic rings. The Kier molecular flexibility index (Phi) is 11.8. The lowest BCUT2D eigenvalue weighted by atomic mass is 9.78. The van der Waals surface area contributed by atoms with Crippen molar-refractivity contribution in [3.05, 3.63) is 53.9 Å². The van der Waals surface area contributed by atoms with Gasteiger partial charge in [0, 0.05) is 42.6 Å². The SMILES string of the molecule is COc1cccc(OC)c1CN(Cc1cccnc1)C1CC(C)(C)NC(C)(C)C1.O=C(O)CC(O)(CC(=O)O)C(=O)O. The van der Waals surface area contributed by atoms with Gasteiger partial charge in [0.15, 0.2) is 5.60 Å². The van der Waals surface area contributed by atoms with Crippen molar-refractivity contribution >= 4 is 17.9 Å². The number of nitrogens with one attached hydrogen (secondary N) is 1. The molecule has 1 saturated heterocycles. The maximum Gasteiger partial charge on any atom is 0.336 e. The molecule has 42 heavy (non-hydrogen) atoms. The summed E-state index contributed by atoms with van der Waals surface area (Å²) < 4.78 is 11.4. The van der Waals surface area contributed by atoms with Crippen LogP contribution in [0, 0.1) is 0 Å². The van der Waals surface area contributed by atoms with E-state index in [1.165, 1.54) is 5.56 Å². The van der Waals surface area contributed by atoms with Crippen LogP contribution < -0.4 is 14.8 Å². The van der Waals surface area contributed by atoms with Crippen molar-refractivity contribution in [2.75, 3.05) is 14.2 Å². The Hall–Kier alpha value is -3.74. The van der Waals surface area contributed by atoms with Gasteiger partial charge in [0.05, 0.1) is 32.6 Å². The smallest absolute Gasteiger partial charge is 0.336 e. The number of pyridine rings is 1. The van der Waals surface area contributed by atoms with Crippen molar-refractivity contribution < 1.29 is 44.3 Å². The summed E-state index contributed by atoms with van der Waals surface area (Å²) in [6, 6.07) is 10.6. The van der Waals surface area contributed by atoms with E-state index in [4.69, 9.17) is 29.9 Å². The Morgan fingerprint density at radius 1 is 0.929 bits per heavy atom. The van der Waals surface area contributed by atoms with E-state index >= 15 is 0 Å². The summed E-state index contributed by atoms with van der Waals surface area (Å²) in [4.78, 5) is 37.4. The standard InChI is InChI=1S/C24H35N3O2.C6H8O7/c1-23(2)13-19(14-24(3,4)26-23)27(16-18-9-8-12-25-15-18)17-20-21(28-5)10-7-11-22(20)29-6;7-3(8)1-6(13,5(11)12)2-4(9)10/h7-12,15,19,26H,13-14,16-17H2,1-6H3;13H,1-2H2,(H,7,8)(H,9,10)(H,11,12). The van der Waals surface area contributed by atoms with Gasteiger partial charge in [-0.25, -0.2) is 4.79 Å². The third kappa shape index (κ3) is 10.3. The van der Waals surface area contributed by atoms with Gasteiger partial charge in [0.25, 0.3) is 0 Å². The van der Waals surface area contributed by atoms with E-state index in [0.717, 1.165) is 43.0 Å². The monoisotopic (exact) mass is 589 g/mol. The second-order valence-electron chi connectivity index (χ2n) is 11.8. The van der Waals surface area contributed by atoms with Crippen LogP contribution in [0.4, 0.5) is 0 Å². The minimum absolute atomic E-state index is 0.0739. The fourth-order valence-corrected chi connectivity index (χ4v) is 5.57. The zero-order valence-electron chi connectivity index (χ0n) is 25.1. The lowest BCUT2D eigenvalue weighted by Gasteiger charge is -2.50. The molecule has 0 spiro atoms. The minimum atomic E-state index is -2.74. The number of carboxylic acid groups (broad SMARTS) is 3. The van der Waals surface area contributed by atoms with Crippen molar-refractivity contribution in [1.29, 1.82) is 0 Å². The van der Waals surface area contributed by atoms with Gasteiger partial charge in [0.2, 0.25) is 0 Å². The van der Waals surface area contributed by atoms with Crippen molar-refractivity contribution in [2.45, 2.75) is 89.2 Å². The Labute approximate surface area is 246 Å². The predicted molar refractivity (Wildman–Crippen MR) is 154 cm³/mol. The molecule has 1 aliphatic heterocycles. The predicted octanol–water partition coefficient (Wildman–Crippen LogP) is 3.16. The van der Waals surface area contributed by atoms with E-state index in [0.29, 0.717) is 6.04 Å². The number of piperidine rings is 1.